The van der Waals surface area contributed by atoms with E-state index in [2.05, 4.69) is 15.6 Å². The average molecular weight is 330 g/mol. The van der Waals surface area contributed by atoms with Crippen molar-refractivity contribution >= 4 is 23.2 Å². The van der Waals surface area contributed by atoms with Crippen LogP contribution in [0.1, 0.15) is 18.9 Å². The van der Waals surface area contributed by atoms with Crippen LogP contribution in [0.3, 0.4) is 0 Å². The lowest BCUT2D eigenvalue weighted by atomic mass is 10.1. The molecule has 0 unspecified atom stereocenters. The highest BCUT2D eigenvalue weighted by Gasteiger charge is 2.07. The summed E-state index contributed by atoms with van der Waals surface area (Å²) in [7, 11) is 0. The van der Waals surface area contributed by atoms with Gasteiger partial charge >= 0.3 is 5.69 Å². The van der Waals surface area contributed by atoms with Gasteiger partial charge in [0, 0.05) is 43.5 Å². The van der Waals surface area contributed by atoms with Crippen molar-refractivity contribution in [2.45, 2.75) is 26.8 Å². The third kappa shape index (κ3) is 4.67. The number of H-pyrrole nitrogens is 1. The number of amides is 2. The highest BCUT2D eigenvalue weighted by Crippen LogP contribution is 2.20. The Morgan fingerprint density at radius 2 is 1.92 bits per heavy atom. The van der Waals surface area contributed by atoms with Gasteiger partial charge in [-0.05, 0) is 24.6 Å². The predicted octanol–water partition coefficient (Wildman–Crippen LogP) is 0.832. The summed E-state index contributed by atoms with van der Waals surface area (Å²) in [6, 6.07) is 6.42. The second-order valence-electron chi connectivity index (χ2n) is 5.31. The van der Waals surface area contributed by atoms with Gasteiger partial charge in [-0.2, -0.15) is 0 Å². The van der Waals surface area contributed by atoms with Gasteiger partial charge in [0.1, 0.15) is 0 Å². The van der Waals surface area contributed by atoms with Gasteiger partial charge in [-0.15, -0.1) is 0 Å². The number of aryl methyl sites for hydroxylation is 2. The summed E-state index contributed by atoms with van der Waals surface area (Å²) in [4.78, 5) is 47.8. The van der Waals surface area contributed by atoms with Gasteiger partial charge in [0.25, 0.3) is 5.56 Å². The van der Waals surface area contributed by atoms with Gasteiger partial charge in [0.05, 0.1) is 0 Å². The molecule has 2 aromatic rings. The summed E-state index contributed by atoms with van der Waals surface area (Å²) in [5.74, 6) is -0.482. The van der Waals surface area contributed by atoms with Crippen LogP contribution in [0.15, 0.2) is 40.1 Å². The predicted molar refractivity (Wildman–Crippen MR) is 90.1 cm³/mol. The smallest absolute Gasteiger partial charge is 0.326 e. The summed E-state index contributed by atoms with van der Waals surface area (Å²) in [6.07, 6.45) is 1.41. The number of rotatable bonds is 5. The fraction of sp³-hybridized carbons (Fsp3) is 0.250. The summed E-state index contributed by atoms with van der Waals surface area (Å²) in [6.45, 7) is 3.38. The van der Waals surface area contributed by atoms with Gasteiger partial charge in [-0.1, -0.05) is 6.07 Å². The molecule has 0 aliphatic carbocycles. The Morgan fingerprint density at radius 1 is 1.17 bits per heavy atom. The number of benzene rings is 1. The number of aromatic amines is 1. The van der Waals surface area contributed by atoms with Crippen molar-refractivity contribution in [2.75, 3.05) is 10.6 Å². The molecule has 2 rings (SSSR count). The van der Waals surface area contributed by atoms with Gasteiger partial charge in [0.15, 0.2) is 0 Å². The van der Waals surface area contributed by atoms with Crippen molar-refractivity contribution < 1.29 is 9.59 Å². The van der Waals surface area contributed by atoms with E-state index >= 15 is 0 Å². The molecule has 0 aliphatic heterocycles. The van der Waals surface area contributed by atoms with E-state index in [9.17, 15) is 19.2 Å². The number of carbonyl (C=O) groups is 2. The Morgan fingerprint density at radius 3 is 2.58 bits per heavy atom. The minimum atomic E-state index is -0.556. The molecule has 0 fully saturated rings. The van der Waals surface area contributed by atoms with Gasteiger partial charge in [-0.3, -0.25) is 19.4 Å². The Hall–Kier alpha value is -3.16. The van der Waals surface area contributed by atoms with Crippen LogP contribution in [0.25, 0.3) is 0 Å². The third-order valence-corrected chi connectivity index (χ3v) is 3.31. The maximum atomic E-state index is 12.1. The SMILES string of the molecule is CC(=O)Nc1ccc(C)c(NC(=O)CCn2ccc(=O)[nH]c2=O)c1. The van der Waals surface area contributed by atoms with E-state index in [1.807, 2.05) is 6.92 Å². The molecule has 1 heterocycles. The van der Waals surface area contributed by atoms with Crippen LogP contribution in [-0.4, -0.2) is 21.4 Å². The minimum absolute atomic E-state index is 0.0652. The molecule has 2 amide bonds. The van der Waals surface area contributed by atoms with Crippen LogP contribution in [0.5, 0.6) is 0 Å². The minimum Gasteiger partial charge on any atom is -0.326 e. The van der Waals surface area contributed by atoms with Gasteiger partial charge in [-0.25, -0.2) is 4.79 Å². The fourth-order valence-electron chi connectivity index (χ4n) is 2.09. The highest BCUT2D eigenvalue weighted by atomic mass is 16.2. The normalized spacial score (nSPS) is 10.2. The molecular weight excluding hydrogens is 312 g/mol. The van der Waals surface area contributed by atoms with E-state index in [0.29, 0.717) is 11.4 Å². The zero-order valence-electron chi connectivity index (χ0n) is 13.4. The Bertz CT molecular complexity index is 882. The largest absolute Gasteiger partial charge is 0.328 e. The standard InChI is InChI=1S/C16H18N4O4/c1-10-3-4-12(17-11(2)21)9-13(10)18-14(22)5-7-20-8-6-15(23)19-16(20)24/h3-4,6,8-9H,5,7H2,1-2H3,(H,17,21)(H,18,22)(H,19,23,24). The molecule has 1 aromatic heterocycles. The number of carbonyl (C=O) groups excluding carboxylic acids is 2. The zero-order valence-corrected chi connectivity index (χ0v) is 13.4. The summed E-state index contributed by atoms with van der Waals surface area (Å²) in [5.41, 5.74) is 0.976. The van der Waals surface area contributed by atoms with E-state index in [1.165, 1.54) is 23.8 Å². The van der Waals surface area contributed by atoms with Crippen LogP contribution < -0.4 is 21.9 Å². The average Bonchev–Trinajstić information content (AvgIpc) is 2.49. The van der Waals surface area contributed by atoms with Crippen molar-refractivity contribution in [3.63, 3.8) is 0 Å². The summed E-state index contributed by atoms with van der Waals surface area (Å²) < 4.78 is 1.25. The van der Waals surface area contributed by atoms with Gasteiger partial charge < -0.3 is 15.2 Å². The Labute approximate surface area is 137 Å². The van der Waals surface area contributed by atoms with Crippen LogP contribution in [0.2, 0.25) is 0 Å². The second kappa shape index (κ2) is 7.40. The molecule has 1 aromatic carbocycles. The first kappa shape index (κ1) is 17.2. The van der Waals surface area contributed by atoms with Gasteiger partial charge in [0.2, 0.25) is 11.8 Å². The molecule has 0 spiro atoms. The van der Waals surface area contributed by atoms with Crippen LogP contribution >= 0.6 is 0 Å². The summed E-state index contributed by atoms with van der Waals surface area (Å²) in [5, 5.41) is 5.39. The number of anilines is 2. The maximum absolute atomic E-state index is 12.1. The van der Waals surface area contributed by atoms with E-state index in [0.717, 1.165) is 5.56 Å². The summed E-state index contributed by atoms with van der Waals surface area (Å²) >= 11 is 0. The number of hydrogen-bond acceptors (Lipinski definition) is 4. The van der Waals surface area contributed by atoms with E-state index in [4.69, 9.17) is 0 Å². The molecule has 0 bridgehead atoms. The van der Waals surface area contributed by atoms with Crippen molar-refractivity contribution in [1.82, 2.24) is 9.55 Å². The molecule has 0 radical (unpaired) electrons. The fourth-order valence-corrected chi connectivity index (χ4v) is 2.09. The number of nitrogens with zero attached hydrogens (tertiary/aromatic N) is 1. The molecule has 24 heavy (non-hydrogen) atoms. The monoisotopic (exact) mass is 330 g/mol. The number of aromatic nitrogens is 2. The molecular formula is C16H18N4O4. The van der Waals surface area contributed by atoms with Crippen LogP contribution in [-0.2, 0) is 16.1 Å². The van der Waals surface area contributed by atoms with Crippen molar-refractivity contribution in [3.8, 4) is 0 Å². The Balaban J connectivity index is 2.02. The molecule has 0 atom stereocenters. The van der Waals surface area contributed by atoms with E-state index < -0.39 is 11.2 Å². The molecule has 0 saturated heterocycles. The first-order valence-corrected chi connectivity index (χ1v) is 7.33. The zero-order chi connectivity index (χ0) is 17.7. The van der Waals surface area contributed by atoms with E-state index in [-0.39, 0.29) is 24.8 Å². The van der Waals surface area contributed by atoms with Crippen molar-refractivity contribution in [3.05, 3.63) is 56.9 Å². The van der Waals surface area contributed by atoms with Crippen molar-refractivity contribution in [1.29, 1.82) is 0 Å². The maximum Gasteiger partial charge on any atom is 0.328 e. The first-order valence-electron chi connectivity index (χ1n) is 7.33. The second-order valence-corrected chi connectivity index (χ2v) is 5.31. The molecule has 126 valence electrons. The third-order valence-electron chi connectivity index (χ3n) is 3.31. The van der Waals surface area contributed by atoms with Crippen LogP contribution in [0, 0.1) is 6.92 Å². The Kier molecular flexibility index (Phi) is 5.31. The van der Waals surface area contributed by atoms with Crippen LogP contribution in [0.4, 0.5) is 11.4 Å². The van der Waals surface area contributed by atoms with E-state index in [1.54, 1.807) is 18.2 Å². The molecule has 3 N–H and O–H groups in total. The molecule has 8 nitrogen and oxygen atoms in total. The number of hydrogen-bond donors (Lipinski definition) is 3. The van der Waals surface area contributed by atoms with Crippen molar-refractivity contribution in [2.24, 2.45) is 0 Å². The topological polar surface area (TPSA) is 113 Å². The molecule has 8 heteroatoms. The first-order chi connectivity index (χ1) is 11.3. The quantitative estimate of drug-likeness (QED) is 0.753. The molecule has 0 aliphatic rings. The number of nitrogens with one attached hydrogen (secondary N) is 3. The lowest BCUT2D eigenvalue weighted by molar-refractivity contribution is -0.116. The highest BCUT2D eigenvalue weighted by molar-refractivity contribution is 5.94. The lowest BCUT2D eigenvalue weighted by Gasteiger charge is -2.11. The molecule has 0 saturated carbocycles. The lowest BCUT2D eigenvalue weighted by Crippen LogP contribution is -2.29.